The largest absolute Gasteiger partial charge is 0.379 e. The van der Waals surface area contributed by atoms with E-state index in [9.17, 15) is 14.9 Å². The number of hydrogen-bond acceptors (Lipinski definition) is 6. The molecule has 1 atom stereocenters. The summed E-state index contributed by atoms with van der Waals surface area (Å²) in [5.41, 5.74) is 0.275. The highest BCUT2D eigenvalue weighted by atomic mass is 16.6. The molecule has 112 valence electrons. The second-order valence-electron chi connectivity index (χ2n) is 4.92. The molecule has 1 aromatic carbocycles. The Bertz CT molecular complexity index is 713. The van der Waals surface area contributed by atoms with Gasteiger partial charge in [0.25, 0.3) is 11.2 Å². The van der Waals surface area contributed by atoms with Gasteiger partial charge in [0.15, 0.2) is 0 Å². The molecule has 0 spiro atoms. The minimum absolute atomic E-state index is 0.127. The van der Waals surface area contributed by atoms with Gasteiger partial charge >= 0.3 is 0 Å². The third-order valence-electron chi connectivity index (χ3n) is 3.15. The van der Waals surface area contributed by atoms with Crippen LogP contribution in [0.25, 0.3) is 10.9 Å². The van der Waals surface area contributed by atoms with Crippen molar-refractivity contribution in [2.75, 3.05) is 25.5 Å². The monoisotopic (exact) mass is 291 g/mol. The molecule has 0 bridgehead atoms. The Hall–Kier alpha value is -2.48. The normalized spacial score (nSPS) is 12.3. The van der Waals surface area contributed by atoms with Crippen molar-refractivity contribution >= 4 is 22.3 Å². The van der Waals surface area contributed by atoms with Gasteiger partial charge in [0.2, 0.25) is 0 Å². The van der Waals surface area contributed by atoms with Gasteiger partial charge in [0.1, 0.15) is 5.69 Å². The summed E-state index contributed by atoms with van der Waals surface area (Å²) in [6, 6.07) is 2.79. The molecule has 21 heavy (non-hydrogen) atoms. The molecule has 1 aromatic heterocycles. The third-order valence-corrected chi connectivity index (χ3v) is 3.15. The Morgan fingerprint density at radius 3 is 2.86 bits per heavy atom. The smallest absolute Gasteiger partial charge is 0.293 e. The van der Waals surface area contributed by atoms with Crippen LogP contribution in [0.4, 0.5) is 11.4 Å². The van der Waals surface area contributed by atoms with Crippen molar-refractivity contribution in [3.8, 4) is 0 Å². The lowest BCUT2D eigenvalue weighted by atomic mass is 10.1. The lowest BCUT2D eigenvalue weighted by Gasteiger charge is -2.13. The van der Waals surface area contributed by atoms with Crippen LogP contribution in [0.5, 0.6) is 0 Å². The summed E-state index contributed by atoms with van der Waals surface area (Å²) in [4.78, 5) is 28.8. The van der Waals surface area contributed by atoms with Crippen LogP contribution < -0.4 is 16.2 Å². The number of nitro groups is 1. The summed E-state index contributed by atoms with van der Waals surface area (Å²) in [5.74, 6) is 0.303. The average molecular weight is 291 g/mol. The van der Waals surface area contributed by atoms with Crippen LogP contribution in [-0.2, 0) is 0 Å². The summed E-state index contributed by atoms with van der Waals surface area (Å²) in [7, 11) is 1.85. The number of anilines is 1. The molecule has 0 aliphatic carbocycles. The van der Waals surface area contributed by atoms with Crippen molar-refractivity contribution in [1.82, 2.24) is 15.3 Å². The SMILES string of the molecule is CNCC(C)CNc1cc2nc[nH]c(=O)c2cc1[N+](=O)[O-]. The summed E-state index contributed by atoms with van der Waals surface area (Å²) < 4.78 is 0. The highest BCUT2D eigenvalue weighted by Crippen LogP contribution is 2.27. The zero-order chi connectivity index (χ0) is 15.4. The molecule has 2 rings (SSSR count). The molecule has 3 N–H and O–H groups in total. The zero-order valence-corrected chi connectivity index (χ0v) is 11.8. The highest BCUT2D eigenvalue weighted by molar-refractivity contribution is 5.86. The van der Waals surface area contributed by atoms with Crippen molar-refractivity contribution < 1.29 is 4.92 Å². The first-order chi connectivity index (χ1) is 10.0. The minimum atomic E-state index is -0.503. The zero-order valence-electron chi connectivity index (χ0n) is 11.8. The Balaban J connectivity index is 2.39. The maximum Gasteiger partial charge on any atom is 0.293 e. The minimum Gasteiger partial charge on any atom is -0.379 e. The summed E-state index contributed by atoms with van der Waals surface area (Å²) in [6.07, 6.45) is 1.28. The molecule has 2 aromatic rings. The number of benzene rings is 1. The van der Waals surface area contributed by atoms with Crippen LogP contribution in [0.15, 0.2) is 23.3 Å². The van der Waals surface area contributed by atoms with Crippen molar-refractivity contribution in [3.05, 3.63) is 38.9 Å². The van der Waals surface area contributed by atoms with E-state index in [2.05, 4.69) is 20.6 Å². The molecular formula is C13H17N5O3. The molecule has 0 amide bonds. The Labute approximate surface area is 120 Å². The molecule has 1 heterocycles. The summed E-state index contributed by atoms with van der Waals surface area (Å²) >= 11 is 0. The van der Waals surface area contributed by atoms with E-state index >= 15 is 0 Å². The van der Waals surface area contributed by atoms with Gasteiger partial charge < -0.3 is 15.6 Å². The molecule has 0 saturated carbocycles. The Morgan fingerprint density at radius 2 is 2.19 bits per heavy atom. The van der Waals surface area contributed by atoms with Gasteiger partial charge in [-0.3, -0.25) is 14.9 Å². The van der Waals surface area contributed by atoms with Crippen LogP contribution in [0.1, 0.15) is 6.92 Å². The number of H-pyrrole nitrogens is 1. The average Bonchev–Trinajstić information content (AvgIpc) is 2.45. The molecule has 8 nitrogen and oxygen atoms in total. The fourth-order valence-corrected chi connectivity index (χ4v) is 2.10. The topological polar surface area (TPSA) is 113 Å². The fourth-order valence-electron chi connectivity index (χ4n) is 2.10. The van der Waals surface area contributed by atoms with E-state index in [0.717, 1.165) is 6.54 Å². The molecule has 0 aliphatic rings. The molecule has 0 fully saturated rings. The van der Waals surface area contributed by atoms with Gasteiger partial charge in [-0.2, -0.15) is 0 Å². The van der Waals surface area contributed by atoms with Crippen LogP contribution in [0.3, 0.4) is 0 Å². The maximum absolute atomic E-state index is 11.7. The molecule has 8 heteroatoms. The fraction of sp³-hybridized carbons (Fsp3) is 0.385. The summed E-state index contributed by atoms with van der Waals surface area (Å²) in [6.45, 7) is 3.40. The second kappa shape index (κ2) is 6.31. The van der Waals surface area contributed by atoms with Crippen LogP contribution in [0.2, 0.25) is 0 Å². The van der Waals surface area contributed by atoms with Crippen molar-refractivity contribution in [2.45, 2.75) is 6.92 Å². The number of rotatable bonds is 6. The van der Waals surface area contributed by atoms with Gasteiger partial charge in [0.05, 0.1) is 22.2 Å². The number of nitrogens with one attached hydrogen (secondary N) is 3. The van der Waals surface area contributed by atoms with E-state index in [4.69, 9.17) is 0 Å². The molecular weight excluding hydrogens is 274 g/mol. The van der Waals surface area contributed by atoms with Crippen LogP contribution in [-0.4, -0.2) is 35.0 Å². The summed E-state index contributed by atoms with van der Waals surface area (Å²) in [5, 5.41) is 17.5. The van der Waals surface area contributed by atoms with Crippen molar-refractivity contribution in [1.29, 1.82) is 0 Å². The quantitative estimate of drug-likeness (QED) is 0.542. The molecule has 1 unspecified atom stereocenters. The lowest BCUT2D eigenvalue weighted by Crippen LogP contribution is -2.23. The van der Waals surface area contributed by atoms with Crippen molar-refractivity contribution in [2.24, 2.45) is 5.92 Å². The van der Waals surface area contributed by atoms with E-state index in [1.54, 1.807) is 0 Å². The van der Waals surface area contributed by atoms with Gasteiger partial charge in [-0.15, -0.1) is 0 Å². The number of fused-ring (bicyclic) bond motifs is 1. The number of aromatic amines is 1. The van der Waals surface area contributed by atoms with E-state index in [1.807, 2.05) is 14.0 Å². The van der Waals surface area contributed by atoms with E-state index in [1.165, 1.54) is 18.5 Å². The van der Waals surface area contributed by atoms with Gasteiger partial charge in [-0.05, 0) is 25.6 Å². The van der Waals surface area contributed by atoms with Crippen molar-refractivity contribution in [3.63, 3.8) is 0 Å². The Kier molecular flexibility index (Phi) is 4.49. The number of nitrogens with zero attached hydrogens (tertiary/aromatic N) is 2. The lowest BCUT2D eigenvalue weighted by molar-refractivity contribution is -0.383. The van der Waals surface area contributed by atoms with E-state index in [0.29, 0.717) is 23.7 Å². The number of aromatic nitrogens is 2. The van der Waals surface area contributed by atoms with Crippen LogP contribution in [0, 0.1) is 16.0 Å². The first-order valence-corrected chi connectivity index (χ1v) is 6.57. The maximum atomic E-state index is 11.7. The first kappa shape index (κ1) is 14.9. The predicted molar refractivity (Wildman–Crippen MR) is 80.6 cm³/mol. The second-order valence-corrected chi connectivity index (χ2v) is 4.92. The Morgan fingerprint density at radius 1 is 1.43 bits per heavy atom. The third kappa shape index (κ3) is 3.34. The van der Waals surface area contributed by atoms with E-state index < -0.39 is 10.5 Å². The van der Waals surface area contributed by atoms with Gasteiger partial charge in [-0.25, -0.2) is 4.98 Å². The molecule has 0 aliphatic heterocycles. The number of nitro benzene ring substituents is 1. The predicted octanol–water partition coefficient (Wildman–Crippen LogP) is 1.10. The van der Waals surface area contributed by atoms with E-state index in [-0.39, 0.29) is 11.1 Å². The first-order valence-electron chi connectivity index (χ1n) is 6.57. The number of hydrogen-bond donors (Lipinski definition) is 3. The van der Waals surface area contributed by atoms with Crippen LogP contribution >= 0.6 is 0 Å². The molecule has 0 radical (unpaired) electrons. The highest BCUT2D eigenvalue weighted by Gasteiger charge is 2.17. The standard InChI is InChI=1S/C13H17N5O3/c1-8(5-14-2)6-15-11-4-10-9(3-12(11)18(20)21)13(19)17-7-16-10/h3-4,7-8,14-15H,5-6H2,1-2H3,(H,16,17,19). The van der Waals surface area contributed by atoms with Gasteiger partial charge in [0, 0.05) is 12.6 Å². The van der Waals surface area contributed by atoms with Gasteiger partial charge in [-0.1, -0.05) is 6.92 Å². The molecule has 0 saturated heterocycles.